The molecular formula is C15H12BrN3S. The molecule has 1 aromatic carbocycles. The zero-order chi connectivity index (χ0) is 13.7. The number of para-hydroxylation sites is 1. The molecule has 2 N–H and O–H groups in total. The number of halogens is 1. The lowest BCUT2D eigenvalue weighted by Gasteiger charge is -2.12. The predicted molar refractivity (Wildman–Crippen MR) is 86.1 cm³/mol. The van der Waals surface area contributed by atoms with Crippen LogP contribution in [0.5, 0.6) is 0 Å². The van der Waals surface area contributed by atoms with Gasteiger partial charge in [-0.2, -0.15) is 0 Å². The summed E-state index contributed by atoms with van der Waals surface area (Å²) in [5.41, 5.74) is 9.39. The molecule has 0 amide bonds. The van der Waals surface area contributed by atoms with Crippen molar-refractivity contribution in [2.75, 3.05) is 5.73 Å². The molecular weight excluding hydrogens is 334 g/mol. The van der Waals surface area contributed by atoms with Crippen LogP contribution in [0, 0.1) is 0 Å². The van der Waals surface area contributed by atoms with Gasteiger partial charge in [-0.3, -0.25) is 4.98 Å². The lowest BCUT2D eigenvalue weighted by atomic mass is 9.95. The first-order valence-electron chi connectivity index (χ1n) is 6.51. The Bertz CT molecular complexity index is 812. The van der Waals surface area contributed by atoms with Crippen LogP contribution in [0.3, 0.4) is 0 Å². The van der Waals surface area contributed by atoms with E-state index in [9.17, 15) is 0 Å². The van der Waals surface area contributed by atoms with Crippen LogP contribution in [-0.2, 0) is 6.42 Å². The Morgan fingerprint density at radius 1 is 1.35 bits per heavy atom. The maximum atomic E-state index is 5.85. The average Bonchev–Trinajstić information content (AvgIpc) is 2.96. The predicted octanol–water partition coefficient (Wildman–Crippen LogP) is 4.11. The Morgan fingerprint density at radius 3 is 3.15 bits per heavy atom. The molecule has 3 aromatic rings. The first kappa shape index (κ1) is 12.3. The molecule has 0 aliphatic heterocycles. The zero-order valence-electron chi connectivity index (χ0n) is 10.6. The van der Waals surface area contributed by atoms with Crippen molar-refractivity contribution in [1.29, 1.82) is 0 Å². The molecule has 2 aromatic heterocycles. The van der Waals surface area contributed by atoms with Crippen LogP contribution in [0.1, 0.15) is 28.5 Å². The second-order valence-corrected chi connectivity index (χ2v) is 7.00. The summed E-state index contributed by atoms with van der Waals surface area (Å²) in [4.78, 5) is 10.4. The van der Waals surface area contributed by atoms with E-state index >= 15 is 0 Å². The number of benzene rings is 1. The van der Waals surface area contributed by atoms with Gasteiger partial charge < -0.3 is 5.73 Å². The van der Waals surface area contributed by atoms with Crippen molar-refractivity contribution >= 4 is 43.3 Å². The van der Waals surface area contributed by atoms with Gasteiger partial charge >= 0.3 is 0 Å². The fourth-order valence-electron chi connectivity index (χ4n) is 2.98. The maximum absolute atomic E-state index is 5.85. The quantitative estimate of drug-likeness (QED) is 0.721. The van der Waals surface area contributed by atoms with Crippen LogP contribution in [-0.4, -0.2) is 9.97 Å². The number of nitrogens with two attached hydrogens (primary N) is 1. The number of nitrogens with zero attached hydrogens (tertiary/aromatic N) is 2. The molecule has 1 aliphatic carbocycles. The van der Waals surface area contributed by atoms with E-state index < -0.39 is 0 Å². The van der Waals surface area contributed by atoms with E-state index in [-0.39, 0.29) is 0 Å². The Labute approximate surface area is 129 Å². The number of thiazole rings is 1. The summed E-state index contributed by atoms with van der Waals surface area (Å²) >= 11 is 5.10. The van der Waals surface area contributed by atoms with Gasteiger partial charge in [0, 0.05) is 26.9 Å². The number of fused-ring (bicyclic) bond motifs is 2. The van der Waals surface area contributed by atoms with Gasteiger partial charge in [-0.15, -0.1) is 11.3 Å². The van der Waals surface area contributed by atoms with Crippen LogP contribution >= 0.6 is 27.3 Å². The third-order valence-corrected chi connectivity index (χ3v) is 5.29. The summed E-state index contributed by atoms with van der Waals surface area (Å²) in [5, 5.41) is 1.85. The third kappa shape index (κ3) is 1.84. The third-order valence-electron chi connectivity index (χ3n) is 3.81. The van der Waals surface area contributed by atoms with Gasteiger partial charge in [0.1, 0.15) is 0 Å². The second-order valence-electron chi connectivity index (χ2n) is 5.03. The van der Waals surface area contributed by atoms with Crippen molar-refractivity contribution in [3.63, 3.8) is 0 Å². The van der Waals surface area contributed by atoms with Gasteiger partial charge in [0.25, 0.3) is 0 Å². The minimum Gasteiger partial charge on any atom is -0.375 e. The maximum Gasteiger partial charge on any atom is 0.180 e. The molecule has 5 heteroatoms. The highest BCUT2D eigenvalue weighted by atomic mass is 79.9. The summed E-state index contributed by atoms with van der Waals surface area (Å²) in [6.07, 6.45) is 3.98. The molecule has 4 rings (SSSR count). The van der Waals surface area contributed by atoms with Crippen LogP contribution in [0.2, 0.25) is 0 Å². The SMILES string of the molecule is Nc1nc2c(s1)C(c1cccc3cc(Br)cnc13)CC2. The van der Waals surface area contributed by atoms with Crippen LogP contribution in [0.25, 0.3) is 10.9 Å². The van der Waals surface area contributed by atoms with E-state index in [1.165, 1.54) is 21.5 Å². The van der Waals surface area contributed by atoms with E-state index in [1.54, 1.807) is 11.3 Å². The summed E-state index contributed by atoms with van der Waals surface area (Å²) in [6.45, 7) is 0. The molecule has 20 heavy (non-hydrogen) atoms. The zero-order valence-corrected chi connectivity index (χ0v) is 13.0. The Balaban J connectivity index is 1.91. The molecule has 0 radical (unpaired) electrons. The van der Waals surface area contributed by atoms with E-state index in [0.29, 0.717) is 11.0 Å². The van der Waals surface area contributed by atoms with Gasteiger partial charge in [-0.1, -0.05) is 18.2 Å². The molecule has 100 valence electrons. The van der Waals surface area contributed by atoms with Crippen molar-refractivity contribution in [3.8, 4) is 0 Å². The number of nitrogen functional groups attached to an aromatic ring is 1. The average molecular weight is 346 g/mol. The lowest BCUT2D eigenvalue weighted by Crippen LogP contribution is -1.97. The molecule has 2 heterocycles. The summed E-state index contributed by atoms with van der Waals surface area (Å²) < 4.78 is 1.01. The van der Waals surface area contributed by atoms with Gasteiger partial charge in [0.05, 0.1) is 11.2 Å². The van der Waals surface area contributed by atoms with Crippen LogP contribution in [0.15, 0.2) is 34.9 Å². The number of hydrogen-bond acceptors (Lipinski definition) is 4. The second kappa shape index (κ2) is 4.53. The highest BCUT2D eigenvalue weighted by molar-refractivity contribution is 9.10. The number of pyridine rings is 1. The van der Waals surface area contributed by atoms with E-state index in [0.717, 1.165) is 22.8 Å². The molecule has 0 spiro atoms. The van der Waals surface area contributed by atoms with Crippen molar-refractivity contribution < 1.29 is 0 Å². The Kier molecular flexibility index (Phi) is 2.79. The summed E-state index contributed by atoms with van der Waals surface area (Å²) in [6, 6.07) is 8.50. The van der Waals surface area contributed by atoms with Gasteiger partial charge in [0.2, 0.25) is 0 Å². The summed E-state index contributed by atoms with van der Waals surface area (Å²) in [5.74, 6) is 0.386. The number of hydrogen-bond donors (Lipinski definition) is 1. The van der Waals surface area contributed by atoms with Crippen molar-refractivity contribution in [2.24, 2.45) is 0 Å². The standard InChI is InChI=1S/C15H12BrN3S/c16-9-6-8-2-1-3-10(13(8)18-7-9)11-4-5-12-14(11)20-15(17)19-12/h1-3,6-7,11H,4-5H2,(H2,17,19). The van der Waals surface area contributed by atoms with Crippen molar-refractivity contribution in [3.05, 3.63) is 51.1 Å². The molecule has 1 unspecified atom stereocenters. The number of anilines is 1. The minimum atomic E-state index is 0.386. The highest BCUT2D eigenvalue weighted by Gasteiger charge is 2.29. The molecule has 0 bridgehead atoms. The number of rotatable bonds is 1. The minimum absolute atomic E-state index is 0.386. The first-order chi connectivity index (χ1) is 9.72. The van der Waals surface area contributed by atoms with E-state index in [4.69, 9.17) is 5.73 Å². The fourth-order valence-corrected chi connectivity index (χ4v) is 4.36. The van der Waals surface area contributed by atoms with E-state index in [1.807, 2.05) is 6.20 Å². The Morgan fingerprint density at radius 2 is 2.25 bits per heavy atom. The van der Waals surface area contributed by atoms with Crippen LogP contribution < -0.4 is 5.73 Å². The topological polar surface area (TPSA) is 51.8 Å². The van der Waals surface area contributed by atoms with E-state index in [2.05, 4.69) is 50.2 Å². The van der Waals surface area contributed by atoms with Gasteiger partial charge in [0.15, 0.2) is 5.13 Å². The smallest absolute Gasteiger partial charge is 0.180 e. The highest BCUT2D eigenvalue weighted by Crippen LogP contribution is 2.43. The van der Waals surface area contributed by atoms with Gasteiger partial charge in [-0.25, -0.2) is 4.98 Å². The molecule has 0 fully saturated rings. The van der Waals surface area contributed by atoms with Gasteiger partial charge in [-0.05, 0) is 40.4 Å². The normalized spacial score (nSPS) is 17.6. The number of aromatic nitrogens is 2. The van der Waals surface area contributed by atoms with Crippen molar-refractivity contribution in [1.82, 2.24) is 9.97 Å². The fraction of sp³-hybridized carbons (Fsp3) is 0.200. The van der Waals surface area contributed by atoms with Crippen LogP contribution in [0.4, 0.5) is 5.13 Å². The Hall–Kier alpha value is -1.46. The monoisotopic (exact) mass is 345 g/mol. The molecule has 3 nitrogen and oxygen atoms in total. The lowest BCUT2D eigenvalue weighted by molar-refractivity contribution is 0.794. The molecule has 1 atom stereocenters. The van der Waals surface area contributed by atoms with Crippen molar-refractivity contribution in [2.45, 2.75) is 18.8 Å². The largest absolute Gasteiger partial charge is 0.375 e. The molecule has 1 aliphatic rings. The number of aryl methyl sites for hydroxylation is 1. The summed E-state index contributed by atoms with van der Waals surface area (Å²) in [7, 11) is 0. The first-order valence-corrected chi connectivity index (χ1v) is 8.12. The molecule has 0 saturated heterocycles. The molecule has 0 saturated carbocycles.